The van der Waals surface area contributed by atoms with Crippen molar-refractivity contribution in [3.63, 3.8) is 0 Å². The molecule has 0 spiro atoms. The summed E-state index contributed by atoms with van der Waals surface area (Å²) in [6.45, 7) is 7.09. The van der Waals surface area contributed by atoms with Gasteiger partial charge in [-0.05, 0) is 57.4 Å². The predicted octanol–water partition coefficient (Wildman–Crippen LogP) is 3.44. The minimum Gasteiger partial charge on any atom is -0.339 e. The van der Waals surface area contributed by atoms with Gasteiger partial charge in [-0.2, -0.15) is 18.3 Å². The number of likely N-dealkylation sites (tertiary alicyclic amines) is 1. The van der Waals surface area contributed by atoms with Gasteiger partial charge in [0.15, 0.2) is 0 Å². The first-order valence-corrected chi connectivity index (χ1v) is 9.85. The zero-order chi connectivity index (χ0) is 21.6. The Morgan fingerprint density at radius 2 is 2.00 bits per heavy atom. The van der Waals surface area contributed by atoms with Gasteiger partial charge in [-0.15, -0.1) is 5.10 Å². The van der Waals surface area contributed by atoms with Gasteiger partial charge in [-0.25, -0.2) is 4.68 Å². The highest BCUT2D eigenvalue weighted by atomic mass is 19.4. The first-order valence-electron chi connectivity index (χ1n) is 9.85. The Morgan fingerprint density at radius 3 is 2.67 bits per heavy atom. The largest absolute Gasteiger partial charge is 0.416 e. The van der Waals surface area contributed by atoms with Crippen molar-refractivity contribution < 1.29 is 18.0 Å². The quantitative estimate of drug-likeness (QED) is 0.651. The maximum atomic E-state index is 12.9. The number of nitrogens with zero attached hydrogens (tertiary/aromatic N) is 6. The van der Waals surface area contributed by atoms with Crippen LogP contribution < -0.4 is 0 Å². The molecule has 0 N–H and O–H groups in total. The number of halogens is 3. The van der Waals surface area contributed by atoms with Crippen LogP contribution in [0.15, 0.2) is 18.2 Å². The molecule has 2 aromatic heterocycles. The molecule has 1 atom stereocenters. The number of fused-ring (bicyclic) bond motifs is 1. The van der Waals surface area contributed by atoms with Crippen LogP contribution in [0.2, 0.25) is 0 Å². The monoisotopic (exact) mass is 420 g/mol. The summed E-state index contributed by atoms with van der Waals surface area (Å²) < 4.78 is 42.2. The second-order valence-corrected chi connectivity index (χ2v) is 7.82. The van der Waals surface area contributed by atoms with E-state index in [-0.39, 0.29) is 24.0 Å². The minimum absolute atomic E-state index is 0.0333. The van der Waals surface area contributed by atoms with Gasteiger partial charge in [0.2, 0.25) is 5.91 Å². The Kier molecular flexibility index (Phi) is 5.03. The fraction of sp³-hybridized carbons (Fsp3) is 0.500. The molecule has 1 aliphatic rings. The number of benzene rings is 1. The number of carbonyl (C=O) groups excluding carboxylic acids is 1. The summed E-state index contributed by atoms with van der Waals surface area (Å²) in [4.78, 5) is 14.6. The van der Waals surface area contributed by atoms with Crippen LogP contribution >= 0.6 is 0 Å². The molecule has 1 aromatic carbocycles. The Morgan fingerprint density at radius 1 is 1.23 bits per heavy atom. The highest BCUT2D eigenvalue weighted by molar-refractivity contribution is 5.77. The van der Waals surface area contributed by atoms with E-state index < -0.39 is 11.7 Å². The molecule has 3 aromatic rings. The first-order chi connectivity index (χ1) is 14.1. The van der Waals surface area contributed by atoms with Crippen molar-refractivity contribution in [2.75, 3.05) is 13.1 Å². The molecular weight excluding hydrogens is 397 g/mol. The molecule has 1 amide bonds. The summed E-state index contributed by atoms with van der Waals surface area (Å²) in [6.07, 6.45) is -2.86. The molecule has 1 fully saturated rings. The van der Waals surface area contributed by atoms with E-state index in [9.17, 15) is 18.0 Å². The lowest BCUT2D eigenvalue weighted by Crippen LogP contribution is -2.42. The summed E-state index contributed by atoms with van der Waals surface area (Å²) in [6, 6.07) is 3.32. The molecule has 3 heterocycles. The third-order valence-corrected chi connectivity index (χ3v) is 5.92. The zero-order valence-electron chi connectivity index (χ0n) is 17.1. The van der Waals surface area contributed by atoms with Crippen LogP contribution in [0.25, 0.3) is 11.0 Å². The average Bonchev–Trinajstić information content (AvgIpc) is 3.24. The van der Waals surface area contributed by atoms with E-state index in [1.165, 1.54) is 6.07 Å². The van der Waals surface area contributed by atoms with E-state index >= 15 is 0 Å². The van der Waals surface area contributed by atoms with Crippen LogP contribution in [0, 0.1) is 20.8 Å². The van der Waals surface area contributed by atoms with Crippen molar-refractivity contribution in [1.82, 2.24) is 29.7 Å². The van der Waals surface area contributed by atoms with Crippen LogP contribution in [0.5, 0.6) is 0 Å². The molecule has 0 saturated carbocycles. The van der Waals surface area contributed by atoms with Crippen LogP contribution in [-0.2, 0) is 17.5 Å². The smallest absolute Gasteiger partial charge is 0.339 e. The highest BCUT2D eigenvalue weighted by Gasteiger charge is 2.32. The van der Waals surface area contributed by atoms with Crippen molar-refractivity contribution in [3.05, 3.63) is 40.7 Å². The molecule has 0 bridgehead atoms. The van der Waals surface area contributed by atoms with Gasteiger partial charge in [0.05, 0.1) is 22.8 Å². The highest BCUT2D eigenvalue weighted by Crippen LogP contribution is 2.32. The van der Waals surface area contributed by atoms with Gasteiger partial charge >= 0.3 is 6.18 Å². The summed E-state index contributed by atoms with van der Waals surface area (Å²) >= 11 is 0. The second kappa shape index (κ2) is 7.41. The maximum absolute atomic E-state index is 12.9. The topological polar surface area (TPSA) is 68.8 Å². The van der Waals surface area contributed by atoms with Crippen molar-refractivity contribution in [3.8, 4) is 0 Å². The third-order valence-electron chi connectivity index (χ3n) is 5.92. The van der Waals surface area contributed by atoms with E-state index in [0.717, 1.165) is 41.9 Å². The van der Waals surface area contributed by atoms with Gasteiger partial charge < -0.3 is 4.90 Å². The fourth-order valence-electron chi connectivity index (χ4n) is 3.94. The van der Waals surface area contributed by atoms with Gasteiger partial charge in [0, 0.05) is 18.8 Å². The summed E-state index contributed by atoms with van der Waals surface area (Å²) in [5, 5.41) is 12.5. The number of aromatic nitrogens is 5. The molecular formula is C20H23F3N6O. The molecule has 1 saturated heterocycles. The minimum atomic E-state index is -4.42. The summed E-state index contributed by atoms with van der Waals surface area (Å²) in [7, 11) is 0. The average molecular weight is 420 g/mol. The lowest BCUT2D eigenvalue weighted by atomic mass is 10.1. The number of carbonyl (C=O) groups is 1. The molecule has 160 valence electrons. The first kappa shape index (κ1) is 20.4. The standard InChI is InChI=1S/C20H23F3N6O/c1-12-13(2)25-28(14(12)3)11-19(30)27-8-4-5-16(10-27)29-18-7-6-15(20(21,22)23)9-17(18)24-26-29/h6-7,9,16H,4-5,8,10-11H2,1-3H3/t16-/m1/s1. The molecule has 0 aliphatic carbocycles. The molecule has 4 rings (SSSR count). The lowest BCUT2D eigenvalue weighted by molar-refractivity contribution is -0.137. The number of hydrogen-bond donors (Lipinski definition) is 0. The molecule has 0 radical (unpaired) electrons. The lowest BCUT2D eigenvalue weighted by Gasteiger charge is -2.33. The number of amides is 1. The van der Waals surface area contributed by atoms with E-state index in [1.807, 2.05) is 20.8 Å². The van der Waals surface area contributed by atoms with E-state index in [4.69, 9.17) is 0 Å². The van der Waals surface area contributed by atoms with Crippen molar-refractivity contribution in [2.24, 2.45) is 0 Å². The van der Waals surface area contributed by atoms with Crippen molar-refractivity contribution in [1.29, 1.82) is 0 Å². The Hall–Kier alpha value is -2.91. The zero-order valence-corrected chi connectivity index (χ0v) is 17.1. The number of rotatable bonds is 3. The Labute approximate surface area is 171 Å². The van der Waals surface area contributed by atoms with Crippen LogP contribution in [0.4, 0.5) is 13.2 Å². The van der Waals surface area contributed by atoms with Crippen molar-refractivity contribution in [2.45, 2.75) is 52.4 Å². The normalized spacial score (nSPS) is 17.7. The van der Waals surface area contributed by atoms with Gasteiger partial charge in [0.1, 0.15) is 12.1 Å². The molecule has 10 heteroatoms. The van der Waals surface area contributed by atoms with Gasteiger partial charge in [-0.3, -0.25) is 9.48 Å². The summed E-state index contributed by atoms with van der Waals surface area (Å²) in [5.74, 6) is -0.0333. The number of piperidine rings is 1. The third kappa shape index (κ3) is 3.66. The predicted molar refractivity (Wildman–Crippen MR) is 104 cm³/mol. The van der Waals surface area contributed by atoms with E-state index in [2.05, 4.69) is 15.4 Å². The second-order valence-electron chi connectivity index (χ2n) is 7.82. The van der Waals surface area contributed by atoms with Crippen molar-refractivity contribution >= 4 is 16.9 Å². The molecule has 1 aliphatic heterocycles. The van der Waals surface area contributed by atoms with Crippen LogP contribution in [0.1, 0.15) is 41.4 Å². The van der Waals surface area contributed by atoms with Gasteiger partial charge in [0.25, 0.3) is 0 Å². The molecule has 7 nitrogen and oxygen atoms in total. The molecule has 30 heavy (non-hydrogen) atoms. The molecule has 0 unspecified atom stereocenters. The Bertz CT molecular complexity index is 1100. The van der Waals surface area contributed by atoms with E-state index in [1.54, 1.807) is 14.3 Å². The maximum Gasteiger partial charge on any atom is 0.416 e. The fourth-order valence-corrected chi connectivity index (χ4v) is 3.94. The van der Waals surface area contributed by atoms with E-state index in [0.29, 0.717) is 18.6 Å². The van der Waals surface area contributed by atoms with Gasteiger partial charge in [-0.1, -0.05) is 5.21 Å². The number of hydrogen-bond acceptors (Lipinski definition) is 4. The SMILES string of the molecule is Cc1nn(CC(=O)N2CCC[C@@H](n3nnc4cc(C(F)(F)F)ccc43)C2)c(C)c1C. The summed E-state index contributed by atoms with van der Waals surface area (Å²) in [5.41, 5.74) is 2.94. The Balaban J connectivity index is 1.52. The number of aryl methyl sites for hydroxylation is 1. The van der Waals surface area contributed by atoms with Crippen LogP contribution in [0.3, 0.4) is 0 Å². The number of alkyl halides is 3. The van der Waals surface area contributed by atoms with Crippen LogP contribution in [-0.4, -0.2) is 48.7 Å².